The summed E-state index contributed by atoms with van der Waals surface area (Å²) in [6.45, 7) is 1.57. The van der Waals surface area contributed by atoms with E-state index in [2.05, 4.69) is 4.74 Å². The number of hydrogen-bond acceptors (Lipinski definition) is 5. The molecule has 1 unspecified atom stereocenters. The largest absolute Gasteiger partial charge is 0.464 e. The van der Waals surface area contributed by atoms with Gasteiger partial charge >= 0.3 is 5.97 Å². The highest BCUT2D eigenvalue weighted by atomic mass is 35.5. The molecule has 0 bridgehead atoms. The van der Waals surface area contributed by atoms with E-state index in [0.717, 1.165) is 6.08 Å². The molecule has 1 aromatic carbocycles. The minimum atomic E-state index is -1.93. The molecular formula is C12H12ClNO5. The van der Waals surface area contributed by atoms with E-state index in [-0.39, 0.29) is 6.61 Å². The summed E-state index contributed by atoms with van der Waals surface area (Å²) < 4.78 is 4.54. The molecule has 0 radical (unpaired) electrons. The number of hydrogen-bond donors (Lipinski definition) is 1. The molecule has 0 aromatic heterocycles. The fourth-order valence-corrected chi connectivity index (χ4v) is 1.43. The highest BCUT2D eigenvalue weighted by molar-refractivity contribution is 6.30. The van der Waals surface area contributed by atoms with Gasteiger partial charge in [-0.1, -0.05) is 23.7 Å². The summed E-state index contributed by atoms with van der Waals surface area (Å²) in [6.07, 6.45) is -0.830. The van der Waals surface area contributed by atoms with E-state index >= 15 is 0 Å². The number of nitro groups is 1. The lowest BCUT2D eigenvalue weighted by Crippen LogP contribution is -2.28. The molecule has 1 atom stereocenters. The lowest BCUT2D eigenvalue weighted by molar-refractivity contribution is -0.432. The maximum absolute atomic E-state index is 11.3. The van der Waals surface area contributed by atoms with Crippen molar-refractivity contribution in [3.8, 4) is 0 Å². The van der Waals surface area contributed by atoms with Gasteiger partial charge in [-0.05, 0) is 24.6 Å². The zero-order valence-electron chi connectivity index (χ0n) is 10.1. The fraction of sp³-hybridized carbons (Fsp3) is 0.250. The number of aliphatic hydroxyl groups excluding tert-OH is 1. The van der Waals surface area contributed by atoms with E-state index in [9.17, 15) is 20.0 Å². The van der Waals surface area contributed by atoms with Gasteiger partial charge in [0.2, 0.25) is 6.10 Å². The molecule has 7 heteroatoms. The first kappa shape index (κ1) is 15.1. The minimum absolute atomic E-state index is 0.0296. The van der Waals surface area contributed by atoms with Crippen molar-refractivity contribution in [1.82, 2.24) is 0 Å². The molecule has 19 heavy (non-hydrogen) atoms. The highest BCUT2D eigenvalue weighted by Gasteiger charge is 2.30. The number of carbonyl (C=O) groups is 1. The van der Waals surface area contributed by atoms with Crippen molar-refractivity contribution in [3.05, 3.63) is 50.7 Å². The molecule has 0 saturated carbocycles. The predicted octanol–water partition coefficient (Wildman–Crippen LogP) is 1.88. The van der Waals surface area contributed by atoms with Crippen LogP contribution < -0.4 is 0 Å². The van der Waals surface area contributed by atoms with Crippen LogP contribution in [0.4, 0.5) is 0 Å². The zero-order chi connectivity index (χ0) is 14.4. The van der Waals surface area contributed by atoms with Crippen molar-refractivity contribution >= 4 is 23.6 Å². The van der Waals surface area contributed by atoms with Gasteiger partial charge in [0, 0.05) is 11.1 Å². The Morgan fingerprint density at radius 3 is 2.58 bits per heavy atom. The van der Waals surface area contributed by atoms with Gasteiger partial charge in [-0.25, -0.2) is 4.79 Å². The molecule has 0 saturated heterocycles. The molecule has 0 aliphatic rings. The van der Waals surface area contributed by atoms with Gasteiger partial charge in [0.15, 0.2) is 0 Å². The Bertz CT molecular complexity index is 497. The average molecular weight is 286 g/mol. The average Bonchev–Trinajstić information content (AvgIpc) is 2.37. The van der Waals surface area contributed by atoms with E-state index in [1.54, 1.807) is 19.1 Å². The number of aliphatic hydroxyl groups is 1. The number of ether oxygens (including phenoxy) is 1. The molecule has 1 N–H and O–H groups in total. The summed E-state index contributed by atoms with van der Waals surface area (Å²) in [5, 5.41) is 20.9. The lowest BCUT2D eigenvalue weighted by atomic mass is 10.1. The normalized spacial score (nSPS) is 12.9. The van der Waals surface area contributed by atoms with Crippen LogP contribution in [0.5, 0.6) is 0 Å². The molecule has 0 spiro atoms. The smallest absolute Gasteiger partial charge is 0.346 e. The van der Waals surface area contributed by atoms with E-state index in [1.807, 2.05) is 0 Å². The first-order valence-corrected chi connectivity index (χ1v) is 5.79. The van der Waals surface area contributed by atoms with Crippen LogP contribution in [0.25, 0.3) is 6.08 Å². The van der Waals surface area contributed by atoms with E-state index in [1.165, 1.54) is 12.1 Å². The van der Waals surface area contributed by atoms with Crippen molar-refractivity contribution < 1.29 is 19.6 Å². The fourth-order valence-electron chi connectivity index (χ4n) is 1.30. The summed E-state index contributed by atoms with van der Waals surface area (Å²) in [5.41, 5.74) is -0.208. The summed E-state index contributed by atoms with van der Waals surface area (Å²) in [6, 6.07) is 6.15. The van der Waals surface area contributed by atoms with Crippen LogP contribution in [0.1, 0.15) is 12.5 Å². The maximum atomic E-state index is 11.3. The van der Waals surface area contributed by atoms with Crippen molar-refractivity contribution in [1.29, 1.82) is 0 Å². The standard InChI is InChI=1S/C12H12ClNO5/c1-2-19-12(16)11(15)10(14(17)18)7-8-3-5-9(13)6-4-8/h3-7,11,15H,2H2,1H3/b10-7+. The summed E-state index contributed by atoms with van der Waals surface area (Å²) in [7, 11) is 0. The Hall–Kier alpha value is -1.92. The number of benzene rings is 1. The Morgan fingerprint density at radius 1 is 1.53 bits per heavy atom. The second kappa shape index (κ2) is 6.86. The zero-order valence-corrected chi connectivity index (χ0v) is 10.8. The predicted molar refractivity (Wildman–Crippen MR) is 69.1 cm³/mol. The highest BCUT2D eigenvalue weighted by Crippen LogP contribution is 2.15. The van der Waals surface area contributed by atoms with Crippen LogP contribution in [-0.2, 0) is 9.53 Å². The molecule has 1 rings (SSSR count). The Kier molecular flexibility index (Phi) is 5.47. The summed E-state index contributed by atoms with van der Waals surface area (Å²) in [5.74, 6) is -1.06. The van der Waals surface area contributed by atoms with Crippen LogP contribution in [0.15, 0.2) is 30.0 Å². The maximum Gasteiger partial charge on any atom is 0.346 e. The van der Waals surface area contributed by atoms with Gasteiger partial charge < -0.3 is 9.84 Å². The first-order valence-electron chi connectivity index (χ1n) is 5.42. The number of rotatable bonds is 5. The van der Waals surface area contributed by atoms with E-state index in [4.69, 9.17) is 11.6 Å². The topological polar surface area (TPSA) is 89.7 Å². The molecular weight excluding hydrogens is 274 g/mol. The summed E-state index contributed by atoms with van der Waals surface area (Å²) in [4.78, 5) is 21.3. The van der Waals surface area contributed by atoms with Crippen molar-refractivity contribution in [3.63, 3.8) is 0 Å². The van der Waals surface area contributed by atoms with Gasteiger partial charge in [-0.15, -0.1) is 0 Å². The van der Waals surface area contributed by atoms with Gasteiger partial charge in [-0.2, -0.15) is 0 Å². The molecule has 0 aliphatic heterocycles. The van der Waals surface area contributed by atoms with Crippen LogP contribution in [0.2, 0.25) is 5.02 Å². The van der Waals surface area contributed by atoms with Crippen LogP contribution in [0, 0.1) is 10.1 Å². The van der Waals surface area contributed by atoms with Crippen LogP contribution in [0.3, 0.4) is 0 Å². The second-order valence-corrected chi connectivity index (χ2v) is 3.97. The lowest BCUT2D eigenvalue weighted by Gasteiger charge is -2.07. The Labute approximate surface area is 114 Å². The third-order valence-electron chi connectivity index (χ3n) is 2.19. The monoisotopic (exact) mass is 285 g/mol. The Morgan fingerprint density at radius 2 is 2.11 bits per heavy atom. The molecule has 0 aliphatic carbocycles. The third-order valence-corrected chi connectivity index (χ3v) is 2.44. The number of nitrogens with zero attached hydrogens (tertiary/aromatic N) is 1. The van der Waals surface area contributed by atoms with E-state index < -0.39 is 22.7 Å². The van der Waals surface area contributed by atoms with Crippen molar-refractivity contribution in [2.75, 3.05) is 6.61 Å². The second-order valence-electron chi connectivity index (χ2n) is 3.53. The molecule has 1 aromatic rings. The van der Waals surface area contributed by atoms with Gasteiger partial charge in [0.05, 0.1) is 11.5 Å². The SMILES string of the molecule is CCOC(=O)C(O)/C(=C\c1ccc(Cl)cc1)[N+](=O)[O-]. The molecule has 0 amide bonds. The minimum Gasteiger partial charge on any atom is -0.464 e. The molecule has 0 fully saturated rings. The third kappa shape index (κ3) is 4.35. The Balaban J connectivity index is 3.03. The number of carbonyl (C=O) groups excluding carboxylic acids is 1. The van der Waals surface area contributed by atoms with Gasteiger partial charge in [0.25, 0.3) is 5.70 Å². The van der Waals surface area contributed by atoms with E-state index in [0.29, 0.717) is 10.6 Å². The molecule has 102 valence electrons. The van der Waals surface area contributed by atoms with Crippen LogP contribution in [-0.4, -0.2) is 28.7 Å². The van der Waals surface area contributed by atoms with Gasteiger partial charge in [0.1, 0.15) is 0 Å². The quantitative estimate of drug-likeness (QED) is 0.507. The molecule has 6 nitrogen and oxygen atoms in total. The number of halogens is 1. The van der Waals surface area contributed by atoms with Crippen LogP contribution >= 0.6 is 11.6 Å². The van der Waals surface area contributed by atoms with Crippen molar-refractivity contribution in [2.45, 2.75) is 13.0 Å². The van der Waals surface area contributed by atoms with Crippen molar-refractivity contribution in [2.24, 2.45) is 0 Å². The van der Waals surface area contributed by atoms with Gasteiger partial charge in [-0.3, -0.25) is 10.1 Å². The first-order chi connectivity index (χ1) is 8.95. The number of esters is 1. The molecule has 0 heterocycles. The summed E-state index contributed by atoms with van der Waals surface area (Å²) >= 11 is 5.69.